The van der Waals surface area contributed by atoms with Gasteiger partial charge in [0.05, 0.1) is 11.3 Å². The number of amides is 2. The van der Waals surface area contributed by atoms with Crippen LogP contribution in [0.25, 0.3) is 0 Å². The van der Waals surface area contributed by atoms with Crippen molar-refractivity contribution in [2.24, 2.45) is 11.3 Å². The average Bonchev–Trinajstić information content (AvgIpc) is 2.75. The lowest BCUT2D eigenvalue weighted by atomic mass is 9.77. The monoisotopic (exact) mass is 337 g/mol. The van der Waals surface area contributed by atoms with Gasteiger partial charge in [-0.3, -0.25) is 14.5 Å². The molecule has 1 aliphatic rings. The molecule has 2 amide bonds. The molecule has 1 fully saturated rings. The van der Waals surface area contributed by atoms with Crippen molar-refractivity contribution in [1.29, 1.82) is 0 Å². The van der Waals surface area contributed by atoms with Crippen LogP contribution in [0.15, 0.2) is 12.2 Å². The third-order valence-electron chi connectivity index (χ3n) is 5.23. The number of rotatable bonds is 12. The standard InChI is InChI=1S/C20H35NO3/c1-4-6-7-8-9-10-11-12-13-14-15-20(3)17(5-2)18(23)21(16-22)19(20)24/h14-15,17,22H,4-13,16H2,1-3H3. The van der Waals surface area contributed by atoms with Crippen molar-refractivity contribution in [3.8, 4) is 0 Å². The lowest BCUT2D eigenvalue weighted by molar-refractivity contribution is -0.144. The number of hydrogen-bond acceptors (Lipinski definition) is 3. The molecular formula is C20H35NO3. The Hall–Kier alpha value is -1.16. The number of aliphatic hydroxyl groups excluding tert-OH is 1. The van der Waals surface area contributed by atoms with Gasteiger partial charge in [0.15, 0.2) is 0 Å². The Bertz CT molecular complexity index is 433. The molecule has 0 bridgehead atoms. The van der Waals surface area contributed by atoms with Crippen LogP contribution in [-0.4, -0.2) is 28.6 Å². The van der Waals surface area contributed by atoms with Crippen molar-refractivity contribution in [3.05, 3.63) is 12.2 Å². The molecule has 0 aromatic carbocycles. The molecule has 4 nitrogen and oxygen atoms in total. The summed E-state index contributed by atoms with van der Waals surface area (Å²) in [5, 5.41) is 9.26. The van der Waals surface area contributed by atoms with E-state index in [0.29, 0.717) is 6.42 Å². The summed E-state index contributed by atoms with van der Waals surface area (Å²) in [6.07, 6.45) is 15.8. The van der Waals surface area contributed by atoms with Crippen LogP contribution in [0.1, 0.15) is 85.0 Å². The molecule has 24 heavy (non-hydrogen) atoms. The summed E-state index contributed by atoms with van der Waals surface area (Å²) >= 11 is 0. The van der Waals surface area contributed by atoms with Crippen molar-refractivity contribution >= 4 is 11.8 Å². The predicted octanol–water partition coefficient (Wildman–Crippen LogP) is 4.42. The van der Waals surface area contributed by atoms with Gasteiger partial charge in [0.25, 0.3) is 0 Å². The number of unbranched alkanes of at least 4 members (excludes halogenated alkanes) is 8. The molecule has 138 valence electrons. The molecule has 1 aliphatic heterocycles. The summed E-state index contributed by atoms with van der Waals surface area (Å²) in [7, 11) is 0. The summed E-state index contributed by atoms with van der Waals surface area (Å²) in [4.78, 5) is 25.6. The average molecular weight is 338 g/mol. The minimum absolute atomic E-state index is 0.246. The number of imide groups is 1. The number of hydrogen-bond donors (Lipinski definition) is 1. The molecule has 0 aliphatic carbocycles. The highest BCUT2D eigenvalue weighted by molar-refractivity contribution is 6.08. The second kappa shape index (κ2) is 10.7. The van der Waals surface area contributed by atoms with Gasteiger partial charge in [-0.2, -0.15) is 0 Å². The number of allylic oxidation sites excluding steroid dienone is 1. The molecule has 1 saturated heterocycles. The number of likely N-dealkylation sites (tertiary alicyclic amines) is 1. The summed E-state index contributed by atoms with van der Waals surface area (Å²) in [5.41, 5.74) is -0.797. The second-order valence-electron chi connectivity index (χ2n) is 7.12. The van der Waals surface area contributed by atoms with E-state index in [1.807, 2.05) is 26.0 Å². The second-order valence-corrected chi connectivity index (χ2v) is 7.12. The van der Waals surface area contributed by atoms with Crippen LogP contribution in [0.3, 0.4) is 0 Å². The van der Waals surface area contributed by atoms with Crippen LogP contribution < -0.4 is 0 Å². The third-order valence-corrected chi connectivity index (χ3v) is 5.23. The zero-order chi connectivity index (χ0) is 18.0. The van der Waals surface area contributed by atoms with Gasteiger partial charge < -0.3 is 5.11 Å². The molecule has 0 saturated carbocycles. The molecule has 2 atom stereocenters. The van der Waals surface area contributed by atoms with E-state index in [4.69, 9.17) is 0 Å². The Morgan fingerprint density at radius 2 is 1.62 bits per heavy atom. The zero-order valence-corrected chi connectivity index (χ0v) is 15.7. The first-order valence-corrected chi connectivity index (χ1v) is 9.67. The van der Waals surface area contributed by atoms with E-state index in [2.05, 4.69) is 6.92 Å². The van der Waals surface area contributed by atoms with E-state index in [1.54, 1.807) is 0 Å². The fraction of sp³-hybridized carbons (Fsp3) is 0.800. The highest BCUT2D eigenvalue weighted by atomic mass is 16.3. The zero-order valence-electron chi connectivity index (χ0n) is 15.7. The fourth-order valence-electron chi connectivity index (χ4n) is 3.63. The van der Waals surface area contributed by atoms with Gasteiger partial charge in [-0.1, -0.05) is 70.9 Å². The maximum absolute atomic E-state index is 12.4. The largest absolute Gasteiger partial charge is 0.376 e. The van der Waals surface area contributed by atoms with Crippen LogP contribution in [0, 0.1) is 11.3 Å². The minimum Gasteiger partial charge on any atom is -0.376 e. The van der Waals surface area contributed by atoms with Crippen molar-refractivity contribution in [2.75, 3.05) is 6.73 Å². The quantitative estimate of drug-likeness (QED) is 0.326. The van der Waals surface area contributed by atoms with E-state index in [-0.39, 0.29) is 17.7 Å². The third kappa shape index (κ3) is 5.17. The summed E-state index contributed by atoms with van der Waals surface area (Å²) in [5.74, 6) is -0.870. The van der Waals surface area contributed by atoms with E-state index >= 15 is 0 Å². The minimum atomic E-state index is -0.797. The highest BCUT2D eigenvalue weighted by Crippen LogP contribution is 2.41. The first-order valence-electron chi connectivity index (χ1n) is 9.67. The summed E-state index contributed by atoms with van der Waals surface area (Å²) in [6.45, 7) is 5.45. The molecule has 1 N–H and O–H groups in total. The maximum atomic E-state index is 12.4. The van der Waals surface area contributed by atoms with E-state index < -0.39 is 12.1 Å². The lowest BCUT2D eigenvalue weighted by Gasteiger charge is -2.22. The van der Waals surface area contributed by atoms with Gasteiger partial charge >= 0.3 is 0 Å². The molecule has 1 heterocycles. The van der Waals surface area contributed by atoms with Gasteiger partial charge in [-0.25, -0.2) is 0 Å². The topological polar surface area (TPSA) is 57.6 Å². The highest BCUT2D eigenvalue weighted by Gasteiger charge is 2.53. The first kappa shape index (κ1) is 20.9. The van der Waals surface area contributed by atoms with Crippen molar-refractivity contribution in [2.45, 2.75) is 85.0 Å². The fourth-order valence-corrected chi connectivity index (χ4v) is 3.63. The van der Waals surface area contributed by atoms with Crippen molar-refractivity contribution in [3.63, 3.8) is 0 Å². The molecule has 1 rings (SSSR count). The molecule has 4 heteroatoms. The smallest absolute Gasteiger partial charge is 0.241 e. The molecule has 0 aromatic heterocycles. The SMILES string of the molecule is CCCCCCCCCCC=CC1(C)C(=O)N(CO)C(=O)C1CC. The Morgan fingerprint density at radius 1 is 1.04 bits per heavy atom. The Kier molecular flexibility index (Phi) is 9.27. The molecule has 0 radical (unpaired) electrons. The van der Waals surface area contributed by atoms with E-state index in [0.717, 1.165) is 17.7 Å². The number of aliphatic hydroxyl groups is 1. The van der Waals surface area contributed by atoms with Crippen LogP contribution in [0.2, 0.25) is 0 Å². The normalized spacial score (nSPS) is 24.5. The maximum Gasteiger partial charge on any atom is 0.241 e. The molecule has 0 spiro atoms. The van der Waals surface area contributed by atoms with Gasteiger partial charge in [0.2, 0.25) is 11.8 Å². The van der Waals surface area contributed by atoms with Crippen LogP contribution in [0.4, 0.5) is 0 Å². The molecular weight excluding hydrogens is 302 g/mol. The van der Waals surface area contributed by atoms with Crippen molar-refractivity contribution in [1.82, 2.24) is 4.90 Å². The Morgan fingerprint density at radius 3 is 2.17 bits per heavy atom. The number of carbonyl (C=O) groups excluding carboxylic acids is 2. The van der Waals surface area contributed by atoms with E-state index in [1.165, 1.54) is 44.9 Å². The van der Waals surface area contributed by atoms with Gasteiger partial charge in [-0.15, -0.1) is 0 Å². The van der Waals surface area contributed by atoms with Crippen LogP contribution in [0.5, 0.6) is 0 Å². The van der Waals surface area contributed by atoms with E-state index in [9.17, 15) is 14.7 Å². The van der Waals surface area contributed by atoms with Crippen molar-refractivity contribution < 1.29 is 14.7 Å². The number of nitrogens with zero attached hydrogens (tertiary/aromatic N) is 1. The van der Waals surface area contributed by atoms with Crippen LogP contribution in [-0.2, 0) is 9.59 Å². The molecule has 2 unspecified atom stereocenters. The Balaban J connectivity index is 2.37. The Labute approximate surface area is 147 Å². The summed E-state index contributed by atoms with van der Waals surface area (Å²) < 4.78 is 0. The summed E-state index contributed by atoms with van der Waals surface area (Å²) in [6, 6.07) is 0. The van der Waals surface area contributed by atoms with Crippen LogP contribution >= 0.6 is 0 Å². The lowest BCUT2D eigenvalue weighted by Crippen LogP contribution is -2.34. The van der Waals surface area contributed by atoms with Gasteiger partial charge in [-0.05, 0) is 26.2 Å². The van der Waals surface area contributed by atoms with Gasteiger partial charge in [0, 0.05) is 0 Å². The molecule has 0 aromatic rings. The van der Waals surface area contributed by atoms with Gasteiger partial charge in [0.1, 0.15) is 6.73 Å². The predicted molar refractivity (Wildman–Crippen MR) is 97.2 cm³/mol. The number of carbonyl (C=O) groups is 2. The first-order chi connectivity index (χ1) is 11.5.